The Morgan fingerprint density at radius 1 is 1.38 bits per heavy atom. The summed E-state index contributed by atoms with van der Waals surface area (Å²) in [6, 6.07) is 3.06. The van der Waals surface area contributed by atoms with Gasteiger partial charge in [0.15, 0.2) is 0 Å². The molecule has 1 aromatic heterocycles. The second-order valence-corrected chi connectivity index (χ2v) is 6.82. The summed E-state index contributed by atoms with van der Waals surface area (Å²) in [6.45, 7) is 8.90. The highest BCUT2D eigenvalue weighted by molar-refractivity contribution is 5.77. The molecule has 134 valence electrons. The fourth-order valence-electron chi connectivity index (χ4n) is 3.52. The minimum Gasteiger partial charge on any atom is -0.375 e. The van der Waals surface area contributed by atoms with Gasteiger partial charge in [-0.15, -0.1) is 0 Å². The van der Waals surface area contributed by atoms with Crippen molar-refractivity contribution in [3.05, 3.63) is 17.5 Å². The Kier molecular flexibility index (Phi) is 5.50. The zero-order chi connectivity index (χ0) is 17.1. The second kappa shape index (κ2) is 7.60. The van der Waals surface area contributed by atoms with Crippen molar-refractivity contribution in [3.63, 3.8) is 0 Å². The lowest BCUT2D eigenvalue weighted by atomic mass is 9.96. The first kappa shape index (κ1) is 17.3. The molecule has 0 aliphatic carbocycles. The van der Waals surface area contributed by atoms with Crippen molar-refractivity contribution in [2.45, 2.75) is 45.6 Å². The van der Waals surface area contributed by atoms with E-state index >= 15 is 0 Å². The van der Waals surface area contributed by atoms with Crippen molar-refractivity contribution in [3.8, 4) is 0 Å². The van der Waals surface area contributed by atoms with Crippen LogP contribution in [-0.4, -0.2) is 59.5 Å². The normalized spacial score (nSPS) is 27.2. The number of nitrogens with zero attached hydrogens (tertiary/aromatic N) is 3. The maximum absolute atomic E-state index is 11.5. The van der Waals surface area contributed by atoms with Gasteiger partial charge in [-0.1, -0.05) is 0 Å². The Hall–Kier alpha value is -1.48. The van der Waals surface area contributed by atoms with Gasteiger partial charge >= 0.3 is 0 Å². The van der Waals surface area contributed by atoms with Gasteiger partial charge < -0.3 is 10.1 Å². The topological polar surface area (TPSA) is 83.5 Å². The number of hydrogen-bond acceptors (Lipinski definition) is 6. The smallest absolute Gasteiger partial charge is 0.246 e. The largest absolute Gasteiger partial charge is 0.375 e. The molecule has 1 fully saturated rings. The summed E-state index contributed by atoms with van der Waals surface area (Å²) in [6.07, 6.45) is 0. The lowest BCUT2D eigenvalue weighted by Crippen LogP contribution is -2.41. The number of hydrazine groups is 1. The zero-order valence-electron chi connectivity index (χ0n) is 14.7. The van der Waals surface area contributed by atoms with Crippen molar-refractivity contribution in [1.29, 1.82) is 0 Å². The number of carbonyl (C=O) groups excluding carboxylic acids is 1. The summed E-state index contributed by atoms with van der Waals surface area (Å²) in [4.78, 5) is 14.0. The summed E-state index contributed by atoms with van der Waals surface area (Å²) in [5.41, 5.74) is 8.77. The molecule has 1 aromatic rings. The van der Waals surface area contributed by atoms with Crippen LogP contribution in [-0.2, 0) is 29.2 Å². The van der Waals surface area contributed by atoms with Gasteiger partial charge in [0.1, 0.15) is 6.61 Å². The number of amides is 1. The molecule has 3 rings (SSSR count). The number of hydrogen-bond donors (Lipinski definition) is 3. The number of fused-ring (bicyclic) bond motifs is 1. The summed E-state index contributed by atoms with van der Waals surface area (Å²) >= 11 is 0. The number of methoxy groups -OCH3 is 1. The van der Waals surface area contributed by atoms with Crippen LogP contribution >= 0.6 is 0 Å². The second-order valence-electron chi connectivity index (χ2n) is 6.82. The van der Waals surface area contributed by atoms with E-state index in [9.17, 15) is 4.79 Å². The first-order valence-corrected chi connectivity index (χ1v) is 8.61. The standard InChI is InChI=1S/C16H28N6O2/c1-11-15(12(2)19-18-11)9-21-4-5-22-14(8-21)6-13(20-22)7-17-16(23)10-24-3/h6,11-12,15,18-19H,4-5,7-10H2,1-3H3,(H,17,23). The Morgan fingerprint density at radius 2 is 2.12 bits per heavy atom. The van der Waals surface area contributed by atoms with Crippen LogP contribution in [0.15, 0.2) is 6.07 Å². The molecule has 0 spiro atoms. The molecule has 8 heteroatoms. The third-order valence-corrected chi connectivity index (χ3v) is 4.96. The number of nitrogens with one attached hydrogen (secondary N) is 3. The molecule has 2 atom stereocenters. The van der Waals surface area contributed by atoms with E-state index in [0.717, 1.165) is 31.9 Å². The maximum Gasteiger partial charge on any atom is 0.246 e. The Balaban J connectivity index is 1.55. The number of aromatic nitrogens is 2. The quantitative estimate of drug-likeness (QED) is 0.647. The third-order valence-electron chi connectivity index (χ3n) is 4.96. The molecule has 0 bridgehead atoms. The van der Waals surface area contributed by atoms with Crippen molar-refractivity contribution in [1.82, 2.24) is 30.8 Å². The number of carbonyl (C=O) groups is 1. The summed E-state index contributed by atoms with van der Waals surface area (Å²) in [5, 5.41) is 7.41. The molecule has 1 amide bonds. The van der Waals surface area contributed by atoms with E-state index in [0.29, 0.717) is 24.5 Å². The van der Waals surface area contributed by atoms with Gasteiger partial charge in [-0.3, -0.25) is 25.2 Å². The predicted octanol–water partition coefficient (Wildman–Crippen LogP) is -0.538. The lowest BCUT2D eigenvalue weighted by Gasteiger charge is -2.31. The summed E-state index contributed by atoms with van der Waals surface area (Å²) < 4.78 is 6.88. The van der Waals surface area contributed by atoms with Crippen LogP contribution < -0.4 is 16.2 Å². The molecule has 2 aliphatic rings. The maximum atomic E-state index is 11.5. The monoisotopic (exact) mass is 336 g/mol. The fourth-order valence-corrected chi connectivity index (χ4v) is 3.52. The average Bonchev–Trinajstić information content (AvgIpc) is 3.10. The minimum atomic E-state index is -0.116. The highest BCUT2D eigenvalue weighted by Gasteiger charge is 2.32. The molecule has 1 saturated heterocycles. The summed E-state index contributed by atoms with van der Waals surface area (Å²) in [7, 11) is 1.51. The van der Waals surface area contributed by atoms with Crippen molar-refractivity contribution in [2.75, 3.05) is 26.8 Å². The SMILES string of the molecule is COCC(=O)NCc1cc2n(n1)CCN(CC1C(C)NNC1C)C2. The molecule has 24 heavy (non-hydrogen) atoms. The number of rotatable bonds is 6. The molecule has 0 aromatic carbocycles. The van der Waals surface area contributed by atoms with Gasteiger partial charge in [0.05, 0.1) is 24.5 Å². The molecule has 3 heterocycles. The first-order valence-electron chi connectivity index (χ1n) is 8.61. The van der Waals surface area contributed by atoms with E-state index in [1.165, 1.54) is 12.8 Å². The van der Waals surface area contributed by atoms with E-state index in [2.05, 4.69) is 50.8 Å². The number of ether oxygens (including phenoxy) is 1. The van der Waals surface area contributed by atoms with Crippen LogP contribution in [0.3, 0.4) is 0 Å². The van der Waals surface area contributed by atoms with Gasteiger partial charge in [-0.2, -0.15) is 5.10 Å². The van der Waals surface area contributed by atoms with E-state index in [1.54, 1.807) is 0 Å². The first-order chi connectivity index (χ1) is 11.6. The van der Waals surface area contributed by atoms with Crippen molar-refractivity contribution in [2.24, 2.45) is 5.92 Å². The highest BCUT2D eigenvalue weighted by Crippen LogP contribution is 2.20. The lowest BCUT2D eigenvalue weighted by molar-refractivity contribution is -0.124. The fraction of sp³-hybridized carbons (Fsp3) is 0.750. The Morgan fingerprint density at radius 3 is 2.83 bits per heavy atom. The van der Waals surface area contributed by atoms with Gasteiger partial charge in [-0.05, 0) is 19.9 Å². The van der Waals surface area contributed by atoms with Crippen LogP contribution in [0.4, 0.5) is 0 Å². The van der Waals surface area contributed by atoms with Gasteiger partial charge in [0.25, 0.3) is 0 Å². The molecular weight excluding hydrogens is 308 g/mol. The molecule has 0 radical (unpaired) electrons. The van der Waals surface area contributed by atoms with Crippen molar-refractivity contribution < 1.29 is 9.53 Å². The van der Waals surface area contributed by atoms with Gasteiger partial charge in [-0.25, -0.2) is 0 Å². The molecule has 3 N–H and O–H groups in total. The van der Waals surface area contributed by atoms with Crippen LogP contribution in [0.5, 0.6) is 0 Å². The predicted molar refractivity (Wildman–Crippen MR) is 89.9 cm³/mol. The van der Waals surface area contributed by atoms with E-state index in [4.69, 9.17) is 4.74 Å². The summed E-state index contributed by atoms with van der Waals surface area (Å²) in [5.74, 6) is 0.488. The molecule has 8 nitrogen and oxygen atoms in total. The Bertz CT molecular complexity index is 565. The van der Waals surface area contributed by atoms with Gasteiger partial charge in [0.2, 0.25) is 5.91 Å². The average molecular weight is 336 g/mol. The minimum absolute atomic E-state index is 0.0845. The van der Waals surface area contributed by atoms with E-state index in [-0.39, 0.29) is 12.5 Å². The highest BCUT2D eigenvalue weighted by atomic mass is 16.5. The van der Waals surface area contributed by atoms with Crippen LogP contribution in [0.25, 0.3) is 0 Å². The van der Waals surface area contributed by atoms with Crippen LogP contribution in [0.2, 0.25) is 0 Å². The van der Waals surface area contributed by atoms with Gasteiger partial charge in [0, 0.05) is 44.7 Å². The molecule has 2 unspecified atom stereocenters. The molecule has 0 saturated carbocycles. The molecular formula is C16H28N6O2. The van der Waals surface area contributed by atoms with Crippen LogP contribution in [0, 0.1) is 5.92 Å². The Labute approximate surface area is 142 Å². The van der Waals surface area contributed by atoms with E-state index < -0.39 is 0 Å². The van der Waals surface area contributed by atoms with Crippen molar-refractivity contribution >= 4 is 5.91 Å². The zero-order valence-corrected chi connectivity index (χ0v) is 14.7. The van der Waals surface area contributed by atoms with Crippen LogP contribution in [0.1, 0.15) is 25.2 Å². The molecule has 2 aliphatic heterocycles. The van der Waals surface area contributed by atoms with E-state index in [1.807, 2.05) is 0 Å². The third kappa shape index (κ3) is 3.94.